The highest BCUT2D eigenvalue weighted by Crippen LogP contribution is 2.23. The summed E-state index contributed by atoms with van der Waals surface area (Å²) in [5.41, 5.74) is 0.264. The second-order valence-electron chi connectivity index (χ2n) is 3.98. The summed E-state index contributed by atoms with van der Waals surface area (Å²) in [4.78, 5) is 12.4. The molecule has 0 bridgehead atoms. The molecular weight excluding hydrogens is 341 g/mol. The van der Waals surface area contributed by atoms with E-state index in [4.69, 9.17) is 4.74 Å². The van der Waals surface area contributed by atoms with E-state index in [1.807, 2.05) is 13.8 Å². The minimum atomic E-state index is -0.401. The molecule has 0 fully saturated rings. The van der Waals surface area contributed by atoms with Gasteiger partial charge in [-0.15, -0.1) is 0 Å². The van der Waals surface area contributed by atoms with Crippen LogP contribution in [0.4, 0.5) is 22.0 Å². The van der Waals surface area contributed by atoms with Crippen molar-refractivity contribution in [3.05, 3.63) is 28.5 Å². The van der Waals surface area contributed by atoms with E-state index in [-0.39, 0.29) is 17.6 Å². The zero-order valence-corrected chi connectivity index (χ0v) is 13.2. The molecule has 2 N–H and O–H groups in total. The van der Waals surface area contributed by atoms with E-state index in [0.29, 0.717) is 19.1 Å². The fraction of sp³-hybridized carbons (Fsp3) is 0.308. The van der Waals surface area contributed by atoms with Crippen molar-refractivity contribution in [3.8, 4) is 6.01 Å². The molecule has 0 aliphatic carbocycles. The Labute approximate surface area is 130 Å². The van der Waals surface area contributed by atoms with Gasteiger partial charge in [0.05, 0.1) is 12.3 Å². The fourth-order valence-electron chi connectivity index (χ4n) is 1.56. The molecule has 0 unspecified atom stereocenters. The molecule has 2 rings (SSSR count). The molecule has 2 aromatic rings. The van der Waals surface area contributed by atoms with Crippen LogP contribution in [0.3, 0.4) is 0 Å². The number of rotatable bonds is 6. The molecule has 6 nitrogen and oxygen atoms in total. The highest BCUT2D eigenvalue weighted by atomic mass is 79.9. The van der Waals surface area contributed by atoms with Crippen LogP contribution < -0.4 is 15.4 Å². The summed E-state index contributed by atoms with van der Waals surface area (Å²) in [6, 6.07) is 4.75. The average molecular weight is 356 g/mol. The van der Waals surface area contributed by atoms with E-state index in [2.05, 4.69) is 41.5 Å². The number of benzene rings is 1. The zero-order valence-electron chi connectivity index (χ0n) is 11.7. The van der Waals surface area contributed by atoms with Crippen molar-refractivity contribution in [2.45, 2.75) is 13.8 Å². The molecule has 0 amide bonds. The lowest BCUT2D eigenvalue weighted by Crippen LogP contribution is -2.09. The first-order valence-corrected chi connectivity index (χ1v) is 7.26. The Balaban J connectivity index is 2.31. The third-order valence-corrected chi connectivity index (χ3v) is 2.89. The van der Waals surface area contributed by atoms with Crippen molar-refractivity contribution in [1.29, 1.82) is 0 Å². The van der Waals surface area contributed by atoms with Crippen molar-refractivity contribution in [2.75, 3.05) is 23.8 Å². The van der Waals surface area contributed by atoms with Crippen LogP contribution >= 0.6 is 15.9 Å². The van der Waals surface area contributed by atoms with Gasteiger partial charge in [-0.1, -0.05) is 15.9 Å². The van der Waals surface area contributed by atoms with Gasteiger partial charge in [0.1, 0.15) is 5.82 Å². The maximum atomic E-state index is 13.8. The smallest absolute Gasteiger partial charge is 0.323 e. The van der Waals surface area contributed by atoms with E-state index in [0.717, 1.165) is 4.47 Å². The number of anilines is 3. The number of aromatic nitrogens is 3. The summed E-state index contributed by atoms with van der Waals surface area (Å²) in [6.07, 6.45) is 0. The topological polar surface area (TPSA) is 72.0 Å². The maximum Gasteiger partial charge on any atom is 0.323 e. The lowest BCUT2D eigenvalue weighted by atomic mass is 10.3. The van der Waals surface area contributed by atoms with Crippen molar-refractivity contribution >= 4 is 33.5 Å². The molecule has 1 heterocycles. The van der Waals surface area contributed by atoms with Crippen LogP contribution in [-0.4, -0.2) is 28.1 Å². The van der Waals surface area contributed by atoms with E-state index >= 15 is 0 Å². The van der Waals surface area contributed by atoms with Crippen LogP contribution in [0.5, 0.6) is 6.01 Å². The summed E-state index contributed by atoms with van der Waals surface area (Å²) in [5.74, 6) is 0.178. The van der Waals surface area contributed by atoms with Gasteiger partial charge >= 0.3 is 6.01 Å². The number of nitrogens with one attached hydrogen (secondary N) is 2. The van der Waals surface area contributed by atoms with Crippen molar-refractivity contribution in [1.82, 2.24) is 15.0 Å². The molecule has 0 aliphatic heterocycles. The molecule has 112 valence electrons. The minimum absolute atomic E-state index is 0.182. The zero-order chi connectivity index (χ0) is 15.2. The predicted octanol–water partition coefficient (Wildman–Crippen LogP) is 3.35. The summed E-state index contributed by atoms with van der Waals surface area (Å²) < 4.78 is 19.8. The Kier molecular flexibility index (Phi) is 5.26. The third kappa shape index (κ3) is 4.25. The summed E-state index contributed by atoms with van der Waals surface area (Å²) >= 11 is 3.29. The number of nitrogens with zero attached hydrogens (tertiary/aromatic N) is 3. The molecule has 0 saturated carbocycles. The van der Waals surface area contributed by atoms with Crippen LogP contribution in [0.1, 0.15) is 13.8 Å². The van der Waals surface area contributed by atoms with Gasteiger partial charge in [-0.2, -0.15) is 15.0 Å². The molecule has 0 aliphatic rings. The Bertz CT molecular complexity index is 601. The molecule has 8 heteroatoms. The Morgan fingerprint density at radius 3 is 2.67 bits per heavy atom. The second-order valence-corrected chi connectivity index (χ2v) is 4.89. The van der Waals surface area contributed by atoms with E-state index in [9.17, 15) is 4.39 Å². The van der Waals surface area contributed by atoms with Crippen molar-refractivity contribution in [3.63, 3.8) is 0 Å². The summed E-state index contributed by atoms with van der Waals surface area (Å²) in [6.45, 7) is 4.84. The first-order valence-electron chi connectivity index (χ1n) is 6.47. The van der Waals surface area contributed by atoms with Crippen LogP contribution in [0.2, 0.25) is 0 Å². The number of halogens is 2. The van der Waals surface area contributed by atoms with Gasteiger partial charge in [-0.3, -0.25) is 0 Å². The van der Waals surface area contributed by atoms with Crippen LogP contribution in [0.15, 0.2) is 22.7 Å². The first-order chi connectivity index (χ1) is 10.1. The monoisotopic (exact) mass is 355 g/mol. The molecule has 21 heavy (non-hydrogen) atoms. The lowest BCUT2D eigenvalue weighted by molar-refractivity contribution is 0.312. The normalized spacial score (nSPS) is 10.3. The van der Waals surface area contributed by atoms with Gasteiger partial charge in [0, 0.05) is 11.0 Å². The quantitative estimate of drug-likeness (QED) is 0.827. The van der Waals surface area contributed by atoms with Gasteiger partial charge in [0.2, 0.25) is 11.9 Å². The Hall–Kier alpha value is -1.96. The van der Waals surface area contributed by atoms with Gasteiger partial charge in [-0.05, 0) is 32.0 Å². The molecule has 0 radical (unpaired) electrons. The van der Waals surface area contributed by atoms with Gasteiger partial charge in [-0.25, -0.2) is 4.39 Å². The largest absolute Gasteiger partial charge is 0.464 e. The van der Waals surface area contributed by atoms with Crippen molar-refractivity contribution < 1.29 is 9.13 Å². The fourth-order valence-corrected chi connectivity index (χ4v) is 1.92. The number of hydrogen-bond acceptors (Lipinski definition) is 6. The van der Waals surface area contributed by atoms with Crippen LogP contribution in [0.25, 0.3) is 0 Å². The van der Waals surface area contributed by atoms with Crippen molar-refractivity contribution in [2.24, 2.45) is 0 Å². The van der Waals surface area contributed by atoms with Gasteiger partial charge < -0.3 is 15.4 Å². The van der Waals surface area contributed by atoms with Crippen LogP contribution in [0, 0.1) is 5.82 Å². The van der Waals surface area contributed by atoms with Gasteiger partial charge in [0.15, 0.2) is 0 Å². The Morgan fingerprint density at radius 1 is 1.19 bits per heavy atom. The van der Waals surface area contributed by atoms with E-state index < -0.39 is 5.82 Å². The Morgan fingerprint density at radius 2 is 1.95 bits per heavy atom. The molecular formula is C13H15BrFN5O. The molecule has 1 aromatic carbocycles. The standard InChI is InChI=1S/C13H15BrFN5O/c1-3-16-11-18-12(20-13(19-11)21-4-2)17-10-7-8(14)5-6-9(10)15/h5-7H,3-4H2,1-2H3,(H2,16,17,18,19,20). The average Bonchev–Trinajstić information content (AvgIpc) is 2.43. The highest BCUT2D eigenvalue weighted by Gasteiger charge is 2.09. The second kappa shape index (κ2) is 7.16. The molecule has 1 aromatic heterocycles. The minimum Gasteiger partial charge on any atom is -0.464 e. The molecule has 0 atom stereocenters. The highest BCUT2D eigenvalue weighted by molar-refractivity contribution is 9.10. The third-order valence-electron chi connectivity index (χ3n) is 2.40. The van der Waals surface area contributed by atoms with Gasteiger partial charge in [0.25, 0.3) is 0 Å². The summed E-state index contributed by atoms with van der Waals surface area (Å²) in [5, 5.41) is 5.80. The SMILES string of the molecule is CCNc1nc(Nc2cc(Br)ccc2F)nc(OCC)n1. The van der Waals surface area contributed by atoms with E-state index in [1.54, 1.807) is 12.1 Å². The summed E-state index contributed by atoms with van der Waals surface area (Å²) in [7, 11) is 0. The van der Waals surface area contributed by atoms with Crippen LogP contribution in [-0.2, 0) is 0 Å². The maximum absolute atomic E-state index is 13.8. The first kappa shape index (κ1) is 15.4. The van der Waals surface area contributed by atoms with E-state index in [1.165, 1.54) is 6.07 Å². The number of ether oxygens (including phenoxy) is 1. The molecule has 0 saturated heterocycles. The predicted molar refractivity (Wildman–Crippen MR) is 82.5 cm³/mol. The lowest BCUT2D eigenvalue weighted by Gasteiger charge is -2.10. The molecule has 0 spiro atoms. The number of hydrogen-bond donors (Lipinski definition) is 2.